The second kappa shape index (κ2) is 8.40. The smallest absolute Gasteiger partial charge is 0.0897 e. The maximum atomic E-state index is 9.87. The Hall–Kier alpha value is -0.900. The maximum Gasteiger partial charge on any atom is 0.0897 e. The fraction of sp³-hybridized carbons (Fsp3) is 0.647. The van der Waals surface area contributed by atoms with Gasteiger partial charge < -0.3 is 15.2 Å². The van der Waals surface area contributed by atoms with Gasteiger partial charge >= 0.3 is 0 Å². The van der Waals surface area contributed by atoms with Crippen LogP contribution in [-0.2, 0) is 11.3 Å². The number of benzene rings is 1. The van der Waals surface area contributed by atoms with Crippen LogP contribution in [0.1, 0.15) is 31.7 Å². The van der Waals surface area contributed by atoms with E-state index in [0.717, 1.165) is 23.9 Å². The van der Waals surface area contributed by atoms with E-state index in [9.17, 15) is 5.11 Å². The van der Waals surface area contributed by atoms with Crippen molar-refractivity contribution in [2.24, 2.45) is 11.8 Å². The highest BCUT2D eigenvalue weighted by molar-refractivity contribution is 5.13. The van der Waals surface area contributed by atoms with Gasteiger partial charge in [-0.15, -0.1) is 0 Å². The van der Waals surface area contributed by atoms with Crippen LogP contribution in [0, 0.1) is 11.8 Å². The molecule has 3 unspecified atom stereocenters. The molecule has 1 aliphatic carbocycles. The third-order valence-corrected chi connectivity index (χ3v) is 4.04. The molecular formula is C17H27NO2. The van der Waals surface area contributed by atoms with Crippen molar-refractivity contribution < 1.29 is 9.84 Å². The number of ether oxygens (including phenoxy) is 1. The van der Waals surface area contributed by atoms with Crippen molar-refractivity contribution in [2.75, 3.05) is 19.7 Å². The van der Waals surface area contributed by atoms with Crippen LogP contribution in [0.2, 0.25) is 0 Å². The first kappa shape index (κ1) is 15.5. The third-order valence-electron chi connectivity index (χ3n) is 4.04. The van der Waals surface area contributed by atoms with E-state index in [4.69, 9.17) is 4.74 Å². The number of aliphatic hydroxyl groups excluding tert-OH is 1. The second-order valence-electron chi connectivity index (χ2n) is 6.10. The van der Waals surface area contributed by atoms with Crippen LogP contribution >= 0.6 is 0 Å². The summed E-state index contributed by atoms with van der Waals surface area (Å²) in [5, 5.41) is 13.2. The molecule has 0 aromatic heterocycles. The SMILES string of the molecule is CC1CCC(CNCC(O)COCc2ccccc2)C1. The monoisotopic (exact) mass is 277 g/mol. The Morgan fingerprint density at radius 2 is 2.10 bits per heavy atom. The van der Waals surface area contributed by atoms with E-state index in [1.165, 1.54) is 19.3 Å². The first-order chi connectivity index (χ1) is 9.74. The van der Waals surface area contributed by atoms with Crippen LogP contribution in [0.4, 0.5) is 0 Å². The predicted molar refractivity (Wildman–Crippen MR) is 81.5 cm³/mol. The van der Waals surface area contributed by atoms with Crippen molar-refractivity contribution in [3.63, 3.8) is 0 Å². The molecule has 2 rings (SSSR count). The van der Waals surface area contributed by atoms with Crippen molar-refractivity contribution in [2.45, 2.75) is 38.9 Å². The molecule has 1 aliphatic rings. The molecule has 3 nitrogen and oxygen atoms in total. The van der Waals surface area contributed by atoms with Gasteiger partial charge in [0, 0.05) is 6.54 Å². The van der Waals surface area contributed by atoms with Gasteiger partial charge in [-0.2, -0.15) is 0 Å². The number of hydrogen-bond acceptors (Lipinski definition) is 3. The average Bonchev–Trinajstić information content (AvgIpc) is 2.86. The molecule has 1 fully saturated rings. The third kappa shape index (κ3) is 5.61. The lowest BCUT2D eigenvalue weighted by molar-refractivity contribution is 0.0285. The summed E-state index contributed by atoms with van der Waals surface area (Å²) in [6, 6.07) is 10.1. The number of hydrogen-bond donors (Lipinski definition) is 2. The Balaban J connectivity index is 1.51. The quantitative estimate of drug-likeness (QED) is 0.767. The van der Waals surface area contributed by atoms with Crippen LogP contribution in [0.15, 0.2) is 30.3 Å². The molecule has 2 N–H and O–H groups in total. The number of nitrogens with one attached hydrogen (secondary N) is 1. The first-order valence-electron chi connectivity index (χ1n) is 7.74. The van der Waals surface area contributed by atoms with Crippen molar-refractivity contribution in [3.05, 3.63) is 35.9 Å². The molecule has 0 heterocycles. The molecule has 0 bridgehead atoms. The normalized spacial score (nSPS) is 23.9. The molecule has 1 saturated carbocycles. The molecule has 0 saturated heterocycles. The van der Waals surface area contributed by atoms with Gasteiger partial charge in [-0.3, -0.25) is 0 Å². The Bertz CT molecular complexity index is 369. The summed E-state index contributed by atoms with van der Waals surface area (Å²) in [5.41, 5.74) is 1.15. The van der Waals surface area contributed by atoms with Crippen LogP contribution in [0.5, 0.6) is 0 Å². The molecule has 20 heavy (non-hydrogen) atoms. The van der Waals surface area contributed by atoms with Gasteiger partial charge in [0.15, 0.2) is 0 Å². The molecule has 3 atom stereocenters. The van der Waals surface area contributed by atoms with Crippen LogP contribution in [0.25, 0.3) is 0 Å². The highest BCUT2D eigenvalue weighted by atomic mass is 16.5. The zero-order valence-electron chi connectivity index (χ0n) is 12.4. The van der Waals surface area contributed by atoms with Crippen molar-refractivity contribution in [1.82, 2.24) is 5.32 Å². The van der Waals surface area contributed by atoms with Gasteiger partial charge in [0.1, 0.15) is 0 Å². The Kier molecular flexibility index (Phi) is 6.51. The Morgan fingerprint density at radius 3 is 2.80 bits per heavy atom. The number of aliphatic hydroxyl groups is 1. The summed E-state index contributed by atoms with van der Waals surface area (Å²) in [6.07, 6.45) is 3.59. The van der Waals surface area contributed by atoms with Gasteiger partial charge in [-0.05, 0) is 36.8 Å². The van der Waals surface area contributed by atoms with Gasteiger partial charge in [0.05, 0.1) is 19.3 Å². The second-order valence-corrected chi connectivity index (χ2v) is 6.10. The summed E-state index contributed by atoms with van der Waals surface area (Å²) >= 11 is 0. The molecule has 112 valence electrons. The minimum atomic E-state index is -0.419. The van der Waals surface area contributed by atoms with Gasteiger partial charge in [0.25, 0.3) is 0 Å². The molecule has 0 radical (unpaired) electrons. The minimum Gasteiger partial charge on any atom is -0.389 e. The molecule has 0 spiro atoms. The molecule has 1 aromatic rings. The molecule has 0 aliphatic heterocycles. The summed E-state index contributed by atoms with van der Waals surface area (Å²) in [6.45, 7) is 4.94. The molecule has 1 aromatic carbocycles. The van der Waals surface area contributed by atoms with E-state index >= 15 is 0 Å². The fourth-order valence-electron chi connectivity index (χ4n) is 2.91. The largest absolute Gasteiger partial charge is 0.389 e. The standard InChI is InChI=1S/C17H27NO2/c1-14-7-8-16(9-14)10-18-11-17(19)13-20-12-15-5-3-2-4-6-15/h2-6,14,16-19H,7-13H2,1H3. The highest BCUT2D eigenvalue weighted by Gasteiger charge is 2.20. The van der Waals surface area contributed by atoms with Crippen LogP contribution < -0.4 is 5.32 Å². The fourth-order valence-corrected chi connectivity index (χ4v) is 2.91. The predicted octanol–water partition coefficient (Wildman–Crippen LogP) is 2.59. The lowest BCUT2D eigenvalue weighted by Gasteiger charge is -2.15. The molecular weight excluding hydrogens is 250 g/mol. The minimum absolute atomic E-state index is 0.392. The van der Waals surface area contributed by atoms with E-state index < -0.39 is 6.10 Å². The maximum absolute atomic E-state index is 9.87. The first-order valence-corrected chi connectivity index (χ1v) is 7.74. The van der Waals surface area contributed by atoms with Crippen LogP contribution in [0.3, 0.4) is 0 Å². The lowest BCUT2D eigenvalue weighted by atomic mass is 10.1. The highest BCUT2D eigenvalue weighted by Crippen LogP contribution is 2.29. The topological polar surface area (TPSA) is 41.5 Å². The zero-order chi connectivity index (χ0) is 14.2. The summed E-state index contributed by atoms with van der Waals surface area (Å²) in [7, 11) is 0. The summed E-state index contributed by atoms with van der Waals surface area (Å²) in [5.74, 6) is 1.67. The number of rotatable bonds is 8. The van der Waals surface area contributed by atoms with Gasteiger partial charge in [-0.1, -0.05) is 43.7 Å². The lowest BCUT2D eigenvalue weighted by Crippen LogP contribution is -2.33. The van der Waals surface area contributed by atoms with Crippen LogP contribution in [-0.4, -0.2) is 30.9 Å². The van der Waals surface area contributed by atoms with E-state index in [1.54, 1.807) is 0 Å². The van der Waals surface area contributed by atoms with Crippen molar-refractivity contribution in [3.8, 4) is 0 Å². The summed E-state index contributed by atoms with van der Waals surface area (Å²) < 4.78 is 5.53. The van der Waals surface area contributed by atoms with E-state index in [0.29, 0.717) is 19.8 Å². The van der Waals surface area contributed by atoms with Gasteiger partial charge in [-0.25, -0.2) is 0 Å². The Morgan fingerprint density at radius 1 is 1.30 bits per heavy atom. The van der Waals surface area contributed by atoms with E-state index in [2.05, 4.69) is 12.2 Å². The summed E-state index contributed by atoms with van der Waals surface area (Å²) in [4.78, 5) is 0. The zero-order valence-corrected chi connectivity index (χ0v) is 12.4. The molecule has 3 heteroatoms. The van der Waals surface area contributed by atoms with E-state index in [-0.39, 0.29) is 0 Å². The van der Waals surface area contributed by atoms with E-state index in [1.807, 2.05) is 30.3 Å². The Labute approximate surface area is 122 Å². The average molecular weight is 277 g/mol. The van der Waals surface area contributed by atoms with Crippen molar-refractivity contribution >= 4 is 0 Å². The molecule has 0 amide bonds. The van der Waals surface area contributed by atoms with Crippen molar-refractivity contribution in [1.29, 1.82) is 0 Å². The van der Waals surface area contributed by atoms with Gasteiger partial charge in [0.2, 0.25) is 0 Å².